The highest BCUT2D eigenvalue weighted by molar-refractivity contribution is 5.94. The van der Waals surface area contributed by atoms with Gasteiger partial charge in [-0.1, -0.05) is 6.07 Å². The average molecular weight is 223 g/mol. The zero-order valence-corrected chi connectivity index (χ0v) is 8.53. The molecule has 0 aromatic heterocycles. The van der Waals surface area contributed by atoms with Gasteiger partial charge in [-0.05, 0) is 23.8 Å². The summed E-state index contributed by atoms with van der Waals surface area (Å²) in [5.74, 6) is -2.33. The molecule has 0 radical (unpaired) electrons. The molecular formula is C11H10FNO3. The lowest BCUT2D eigenvalue weighted by atomic mass is 10.1. The van der Waals surface area contributed by atoms with Gasteiger partial charge in [-0.25, -0.2) is 9.18 Å². The van der Waals surface area contributed by atoms with Crippen LogP contribution < -0.4 is 5.32 Å². The van der Waals surface area contributed by atoms with Gasteiger partial charge in [0.1, 0.15) is 5.82 Å². The van der Waals surface area contributed by atoms with Crippen LogP contribution in [0, 0.1) is 5.82 Å². The highest BCUT2D eigenvalue weighted by atomic mass is 19.1. The van der Waals surface area contributed by atoms with E-state index < -0.39 is 17.7 Å². The number of benzene rings is 1. The Morgan fingerprint density at radius 3 is 2.62 bits per heavy atom. The summed E-state index contributed by atoms with van der Waals surface area (Å²) in [5.41, 5.74) is 0.308. The van der Waals surface area contributed by atoms with Crippen LogP contribution in [0.3, 0.4) is 0 Å². The molecule has 0 aliphatic carbocycles. The number of carboxylic acids is 1. The van der Waals surface area contributed by atoms with E-state index in [1.54, 1.807) is 0 Å². The van der Waals surface area contributed by atoms with Crippen LogP contribution in [0.25, 0.3) is 6.08 Å². The maximum Gasteiger partial charge on any atom is 0.328 e. The number of carboxylic acid groups (broad SMARTS) is 1. The second-order valence-corrected chi connectivity index (χ2v) is 2.99. The van der Waals surface area contributed by atoms with Crippen LogP contribution >= 0.6 is 0 Å². The topological polar surface area (TPSA) is 66.4 Å². The standard InChI is InChI=1S/C11H10FNO3/c1-13-11(16)8-4-2-7(6-9(8)12)3-5-10(14)15/h2-6H,1H3,(H,13,16)(H,14,15). The van der Waals surface area contributed by atoms with Gasteiger partial charge in [0.25, 0.3) is 5.91 Å². The van der Waals surface area contributed by atoms with Crippen molar-refractivity contribution in [3.05, 3.63) is 41.2 Å². The van der Waals surface area contributed by atoms with Crippen LogP contribution in [0.2, 0.25) is 0 Å². The minimum atomic E-state index is -1.12. The predicted octanol–water partition coefficient (Wildman–Crippen LogP) is 1.28. The molecule has 0 aliphatic heterocycles. The summed E-state index contributed by atoms with van der Waals surface area (Å²) < 4.78 is 13.4. The first-order valence-corrected chi connectivity index (χ1v) is 4.47. The lowest BCUT2D eigenvalue weighted by molar-refractivity contribution is -0.131. The van der Waals surface area contributed by atoms with Gasteiger partial charge in [0.2, 0.25) is 0 Å². The van der Waals surface area contributed by atoms with Crippen LogP contribution in [-0.2, 0) is 4.79 Å². The van der Waals surface area contributed by atoms with Gasteiger partial charge in [0.15, 0.2) is 0 Å². The van der Waals surface area contributed by atoms with E-state index in [0.717, 1.165) is 12.1 Å². The Hall–Kier alpha value is -2.17. The molecule has 1 aromatic carbocycles. The molecule has 0 bridgehead atoms. The van der Waals surface area contributed by atoms with Crippen LogP contribution in [0.1, 0.15) is 15.9 Å². The highest BCUT2D eigenvalue weighted by Crippen LogP contribution is 2.11. The van der Waals surface area contributed by atoms with Crippen LogP contribution in [0.5, 0.6) is 0 Å². The lowest BCUT2D eigenvalue weighted by Gasteiger charge is -2.02. The number of rotatable bonds is 3. The van der Waals surface area contributed by atoms with Gasteiger partial charge < -0.3 is 10.4 Å². The van der Waals surface area contributed by atoms with E-state index in [9.17, 15) is 14.0 Å². The molecule has 84 valence electrons. The molecule has 0 spiro atoms. The summed E-state index contributed by atoms with van der Waals surface area (Å²) in [6.45, 7) is 0. The molecule has 0 saturated heterocycles. The molecule has 1 amide bonds. The molecular weight excluding hydrogens is 213 g/mol. The van der Waals surface area contributed by atoms with E-state index in [2.05, 4.69) is 5.32 Å². The normalized spacial score (nSPS) is 10.4. The van der Waals surface area contributed by atoms with Gasteiger partial charge in [-0.2, -0.15) is 0 Å². The molecule has 0 heterocycles. The number of carbonyl (C=O) groups excluding carboxylic acids is 1. The summed E-state index contributed by atoms with van der Waals surface area (Å²) in [6.07, 6.45) is 2.15. The third-order valence-electron chi connectivity index (χ3n) is 1.88. The molecule has 1 rings (SSSR count). The molecule has 0 aliphatic rings. The maximum absolute atomic E-state index is 13.4. The molecule has 2 N–H and O–H groups in total. The second-order valence-electron chi connectivity index (χ2n) is 2.99. The lowest BCUT2D eigenvalue weighted by Crippen LogP contribution is -2.19. The zero-order valence-electron chi connectivity index (χ0n) is 8.53. The van der Waals surface area contributed by atoms with Crippen molar-refractivity contribution in [2.45, 2.75) is 0 Å². The van der Waals surface area contributed by atoms with Crippen molar-refractivity contribution in [3.63, 3.8) is 0 Å². The first-order chi connectivity index (χ1) is 7.54. The monoisotopic (exact) mass is 223 g/mol. The number of halogens is 1. The Kier molecular flexibility index (Phi) is 3.77. The van der Waals surface area contributed by atoms with E-state index in [1.165, 1.54) is 25.3 Å². The van der Waals surface area contributed by atoms with Crippen molar-refractivity contribution >= 4 is 18.0 Å². The number of hydrogen-bond donors (Lipinski definition) is 2. The second kappa shape index (κ2) is 5.06. The molecule has 16 heavy (non-hydrogen) atoms. The Balaban J connectivity index is 2.99. The molecule has 0 fully saturated rings. The van der Waals surface area contributed by atoms with Gasteiger partial charge in [0.05, 0.1) is 5.56 Å². The van der Waals surface area contributed by atoms with E-state index >= 15 is 0 Å². The smallest absolute Gasteiger partial charge is 0.328 e. The van der Waals surface area contributed by atoms with Crippen LogP contribution in [-0.4, -0.2) is 24.0 Å². The van der Waals surface area contributed by atoms with Crippen molar-refractivity contribution in [1.29, 1.82) is 0 Å². The first-order valence-electron chi connectivity index (χ1n) is 4.47. The highest BCUT2D eigenvalue weighted by Gasteiger charge is 2.09. The molecule has 0 unspecified atom stereocenters. The summed E-state index contributed by atoms with van der Waals surface area (Å²) >= 11 is 0. The Morgan fingerprint density at radius 1 is 1.44 bits per heavy atom. The molecule has 5 heteroatoms. The van der Waals surface area contributed by atoms with E-state index in [1.807, 2.05) is 0 Å². The van der Waals surface area contributed by atoms with Gasteiger partial charge in [0, 0.05) is 13.1 Å². The predicted molar refractivity (Wildman–Crippen MR) is 56.5 cm³/mol. The summed E-state index contributed by atoms with van der Waals surface area (Å²) in [7, 11) is 1.40. The van der Waals surface area contributed by atoms with Crippen molar-refractivity contribution in [2.75, 3.05) is 7.05 Å². The Bertz CT molecular complexity index is 455. The summed E-state index contributed by atoms with van der Waals surface area (Å²) in [5, 5.41) is 10.7. The van der Waals surface area contributed by atoms with Crippen molar-refractivity contribution in [2.24, 2.45) is 0 Å². The molecule has 0 saturated carbocycles. The number of hydrogen-bond acceptors (Lipinski definition) is 2. The fourth-order valence-electron chi connectivity index (χ4n) is 1.12. The van der Waals surface area contributed by atoms with E-state index in [-0.39, 0.29) is 5.56 Å². The zero-order chi connectivity index (χ0) is 12.1. The molecule has 1 aromatic rings. The number of amides is 1. The Morgan fingerprint density at radius 2 is 2.12 bits per heavy atom. The van der Waals surface area contributed by atoms with E-state index in [0.29, 0.717) is 5.56 Å². The molecule has 4 nitrogen and oxygen atoms in total. The molecule has 0 atom stereocenters. The fourth-order valence-corrected chi connectivity index (χ4v) is 1.12. The van der Waals surface area contributed by atoms with E-state index in [4.69, 9.17) is 5.11 Å². The van der Waals surface area contributed by atoms with Gasteiger partial charge in [-0.15, -0.1) is 0 Å². The Labute approximate surface area is 91.4 Å². The minimum absolute atomic E-state index is 0.0741. The fraction of sp³-hybridized carbons (Fsp3) is 0.0909. The van der Waals surface area contributed by atoms with Gasteiger partial charge in [-0.3, -0.25) is 4.79 Å². The van der Waals surface area contributed by atoms with Crippen molar-refractivity contribution in [3.8, 4) is 0 Å². The number of nitrogens with one attached hydrogen (secondary N) is 1. The summed E-state index contributed by atoms with van der Waals surface area (Å²) in [4.78, 5) is 21.4. The summed E-state index contributed by atoms with van der Waals surface area (Å²) in [6, 6.07) is 3.87. The largest absolute Gasteiger partial charge is 0.478 e. The number of carbonyl (C=O) groups is 2. The maximum atomic E-state index is 13.4. The third kappa shape index (κ3) is 2.91. The van der Waals surface area contributed by atoms with Crippen LogP contribution in [0.4, 0.5) is 4.39 Å². The average Bonchev–Trinajstić information content (AvgIpc) is 2.25. The van der Waals surface area contributed by atoms with Gasteiger partial charge >= 0.3 is 5.97 Å². The quantitative estimate of drug-likeness (QED) is 0.758. The van der Waals surface area contributed by atoms with Crippen molar-refractivity contribution in [1.82, 2.24) is 5.32 Å². The minimum Gasteiger partial charge on any atom is -0.478 e. The number of aliphatic carboxylic acids is 1. The third-order valence-corrected chi connectivity index (χ3v) is 1.88. The van der Waals surface area contributed by atoms with Crippen LogP contribution in [0.15, 0.2) is 24.3 Å². The first kappa shape index (κ1) is 11.9. The SMILES string of the molecule is CNC(=O)c1ccc(C=CC(=O)O)cc1F. The van der Waals surface area contributed by atoms with Crippen molar-refractivity contribution < 1.29 is 19.1 Å².